The largest absolute Gasteiger partial charge is 0.314 e. The Kier molecular flexibility index (Phi) is 6.31. The Hall–Kier alpha value is -0.0400. The molecule has 90 valence electrons. The normalized spacial score (nSPS) is 29.0. The molecule has 1 nitrogen and oxygen atoms in total. The van der Waals surface area contributed by atoms with Crippen molar-refractivity contribution in [1.29, 1.82) is 0 Å². The molecule has 0 radical (unpaired) electrons. The zero-order chi connectivity index (χ0) is 11.1. The quantitative estimate of drug-likeness (QED) is 0.700. The molecule has 15 heavy (non-hydrogen) atoms. The third-order valence-electron chi connectivity index (χ3n) is 3.95. The number of hydrogen-bond donors (Lipinski definition) is 1. The predicted octanol–water partition coefficient (Wildman–Crippen LogP) is 3.98. The Balaban J connectivity index is 2.28. The van der Waals surface area contributed by atoms with Gasteiger partial charge >= 0.3 is 0 Å². The van der Waals surface area contributed by atoms with Gasteiger partial charge in [-0.15, -0.1) is 0 Å². The molecule has 0 aromatic carbocycles. The van der Waals surface area contributed by atoms with Crippen molar-refractivity contribution < 1.29 is 0 Å². The zero-order valence-electron chi connectivity index (χ0n) is 10.9. The van der Waals surface area contributed by atoms with E-state index in [-0.39, 0.29) is 0 Å². The van der Waals surface area contributed by atoms with Crippen LogP contribution in [0.4, 0.5) is 0 Å². The topological polar surface area (TPSA) is 12.0 Å². The lowest BCUT2D eigenvalue weighted by Gasteiger charge is -2.33. The van der Waals surface area contributed by atoms with E-state index in [4.69, 9.17) is 0 Å². The molecule has 0 amide bonds. The third-order valence-corrected chi connectivity index (χ3v) is 3.95. The fourth-order valence-corrected chi connectivity index (χ4v) is 2.97. The number of nitrogens with one attached hydrogen (secondary N) is 1. The van der Waals surface area contributed by atoms with Crippen molar-refractivity contribution in [1.82, 2.24) is 5.32 Å². The van der Waals surface area contributed by atoms with Crippen LogP contribution in [0.1, 0.15) is 65.7 Å². The van der Waals surface area contributed by atoms with E-state index in [1.807, 2.05) is 0 Å². The minimum absolute atomic E-state index is 0.822. The maximum Gasteiger partial charge on any atom is 0.00698 e. The lowest BCUT2D eigenvalue weighted by Crippen LogP contribution is -2.36. The van der Waals surface area contributed by atoms with Gasteiger partial charge in [0.25, 0.3) is 0 Å². The van der Waals surface area contributed by atoms with Crippen molar-refractivity contribution >= 4 is 0 Å². The summed E-state index contributed by atoms with van der Waals surface area (Å²) < 4.78 is 0. The van der Waals surface area contributed by atoms with Crippen molar-refractivity contribution in [3.8, 4) is 0 Å². The summed E-state index contributed by atoms with van der Waals surface area (Å²) in [7, 11) is 0. The van der Waals surface area contributed by atoms with Crippen LogP contribution in [0.15, 0.2) is 0 Å². The Morgan fingerprint density at radius 1 is 1.20 bits per heavy atom. The third kappa shape index (κ3) is 4.55. The van der Waals surface area contributed by atoms with Gasteiger partial charge in [0.05, 0.1) is 0 Å². The molecule has 0 spiro atoms. The highest BCUT2D eigenvalue weighted by Crippen LogP contribution is 2.32. The van der Waals surface area contributed by atoms with Gasteiger partial charge in [0.2, 0.25) is 0 Å². The van der Waals surface area contributed by atoms with Crippen molar-refractivity contribution in [2.45, 2.75) is 71.8 Å². The summed E-state index contributed by atoms with van der Waals surface area (Å²) in [5.74, 6) is 1.94. The molecule has 0 aromatic rings. The SMILES string of the molecule is CCCNC1CCCC(C(C)CCC)C1. The molecule has 1 aliphatic rings. The minimum Gasteiger partial charge on any atom is -0.314 e. The van der Waals surface area contributed by atoms with Crippen LogP contribution < -0.4 is 5.32 Å². The molecular formula is C14H29N. The summed E-state index contributed by atoms with van der Waals surface area (Å²) in [6.07, 6.45) is 9.81. The van der Waals surface area contributed by atoms with Crippen LogP contribution >= 0.6 is 0 Å². The van der Waals surface area contributed by atoms with E-state index in [9.17, 15) is 0 Å². The summed E-state index contributed by atoms with van der Waals surface area (Å²) in [4.78, 5) is 0. The van der Waals surface area contributed by atoms with Gasteiger partial charge < -0.3 is 5.32 Å². The van der Waals surface area contributed by atoms with Gasteiger partial charge in [-0.3, -0.25) is 0 Å². The van der Waals surface area contributed by atoms with Crippen LogP contribution in [0.25, 0.3) is 0 Å². The molecule has 0 bridgehead atoms. The average molecular weight is 211 g/mol. The Morgan fingerprint density at radius 2 is 2.00 bits per heavy atom. The first-order chi connectivity index (χ1) is 7.27. The van der Waals surface area contributed by atoms with Gasteiger partial charge in [0.1, 0.15) is 0 Å². The Bertz CT molecular complexity index is 155. The molecule has 0 saturated heterocycles. The maximum atomic E-state index is 3.70. The molecular weight excluding hydrogens is 182 g/mol. The van der Waals surface area contributed by atoms with Gasteiger partial charge in [0.15, 0.2) is 0 Å². The standard InChI is InChI=1S/C14H29N/c1-4-7-12(3)13-8-6-9-14(11-13)15-10-5-2/h12-15H,4-11H2,1-3H3. The molecule has 3 unspecified atom stereocenters. The van der Waals surface area contributed by atoms with E-state index in [0.717, 1.165) is 17.9 Å². The molecule has 1 heteroatoms. The molecule has 1 saturated carbocycles. The first-order valence-corrected chi connectivity index (χ1v) is 7.01. The molecule has 3 atom stereocenters. The second-order valence-corrected chi connectivity index (χ2v) is 5.34. The van der Waals surface area contributed by atoms with Crippen molar-refractivity contribution in [3.05, 3.63) is 0 Å². The molecule has 1 fully saturated rings. The fraction of sp³-hybridized carbons (Fsp3) is 1.00. The van der Waals surface area contributed by atoms with Crippen LogP contribution in [0, 0.1) is 11.8 Å². The average Bonchev–Trinajstić information content (AvgIpc) is 2.27. The van der Waals surface area contributed by atoms with Crippen LogP contribution in [-0.2, 0) is 0 Å². The number of rotatable bonds is 6. The first-order valence-electron chi connectivity index (χ1n) is 7.01. The summed E-state index contributed by atoms with van der Waals surface area (Å²) in [6.45, 7) is 8.23. The highest BCUT2D eigenvalue weighted by Gasteiger charge is 2.24. The maximum absolute atomic E-state index is 3.70. The van der Waals surface area contributed by atoms with Crippen molar-refractivity contribution in [2.24, 2.45) is 11.8 Å². The van der Waals surface area contributed by atoms with E-state index in [0.29, 0.717) is 0 Å². The van der Waals surface area contributed by atoms with Crippen LogP contribution in [0.3, 0.4) is 0 Å². The molecule has 1 aliphatic carbocycles. The molecule has 1 rings (SSSR count). The van der Waals surface area contributed by atoms with Gasteiger partial charge in [-0.2, -0.15) is 0 Å². The monoisotopic (exact) mass is 211 g/mol. The van der Waals surface area contributed by atoms with E-state index in [1.54, 1.807) is 0 Å². The summed E-state index contributed by atoms with van der Waals surface area (Å²) in [6, 6.07) is 0.822. The van der Waals surface area contributed by atoms with E-state index in [1.165, 1.54) is 51.5 Å². The second kappa shape index (κ2) is 7.27. The highest BCUT2D eigenvalue weighted by atomic mass is 14.9. The van der Waals surface area contributed by atoms with Gasteiger partial charge in [-0.05, 0) is 37.6 Å². The molecule has 0 aromatic heterocycles. The Morgan fingerprint density at radius 3 is 2.67 bits per heavy atom. The van der Waals surface area contributed by atoms with Crippen LogP contribution in [0.2, 0.25) is 0 Å². The highest BCUT2D eigenvalue weighted by molar-refractivity contribution is 4.80. The summed E-state index contributed by atoms with van der Waals surface area (Å²) >= 11 is 0. The lowest BCUT2D eigenvalue weighted by molar-refractivity contribution is 0.212. The fourth-order valence-electron chi connectivity index (χ4n) is 2.97. The predicted molar refractivity (Wildman–Crippen MR) is 68.1 cm³/mol. The molecule has 0 aliphatic heterocycles. The Labute approximate surface area is 96.0 Å². The van der Waals surface area contributed by atoms with Crippen molar-refractivity contribution in [3.63, 3.8) is 0 Å². The summed E-state index contributed by atoms with van der Waals surface area (Å²) in [5.41, 5.74) is 0. The van der Waals surface area contributed by atoms with Crippen molar-refractivity contribution in [2.75, 3.05) is 6.54 Å². The van der Waals surface area contributed by atoms with Gasteiger partial charge in [-0.25, -0.2) is 0 Å². The number of hydrogen-bond acceptors (Lipinski definition) is 1. The molecule has 1 N–H and O–H groups in total. The van der Waals surface area contributed by atoms with Gasteiger partial charge in [-0.1, -0.05) is 46.5 Å². The second-order valence-electron chi connectivity index (χ2n) is 5.34. The minimum atomic E-state index is 0.822. The molecule has 0 heterocycles. The lowest BCUT2D eigenvalue weighted by atomic mass is 9.77. The first kappa shape index (κ1) is 13.0. The van der Waals surface area contributed by atoms with Crippen LogP contribution in [-0.4, -0.2) is 12.6 Å². The zero-order valence-corrected chi connectivity index (χ0v) is 10.9. The van der Waals surface area contributed by atoms with E-state index >= 15 is 0 Å². The smallest absolute Gasteiger partial charge is 0.00698 e. The van der Waals surface area contributed by atoms with E-state index < -0.39 is 0 Å². The van der Waals surface area contributed by atoms with Crippen LogP contribution in [0.5, 0.6) is 0 Å². The van der Waals surface area contributed by atoms with Gasteiger partial charge in [0, 0.05) is 6.04 Å². The van der Waals surface area contributed by atoms with E-state index in [2.05, 4.69) is 26.1 Å². The summed E-state index contributed by atoms with van der Waals surface area (Å²) in [5, 5.41) is 3.70.